The smallest absolute Gasteiger partial charge is 0.349 e. The summed E-state index contributed by atoms with van der Waals surface area (Å²) in [4.78, 5) is 44.0. The molecule has 2 aliphatic heterocycles. The van der Waals surface area contributed by atoms with Crippen LogP contribution in [0, 0.1) is 5.82 Å². The molecule has 11 nitrogen and oxygen atoms in total. The second-order valence-corrected chi connectivity index (χ2v) is 11.1. The van der Waals surface area contributed by atoms with Crippen LogP contribution in [0.3, 0.4) is 0 Å². The van der Waals surface area contributed by atoms with Gasteiger partial charge < -0.3 is 9.80 Å². The van der Waals surface area contributed by atoms with Gasteiger partial charge >= 0.3 is 5.69 Å². The summed E-state index contributed by atoms with van der Waals surface area (Å²) in [5.74, 6) is -0.260. The quantitative estimate of drug-likeness (QED) is 0.378. The molecule has 0 N–H and O–H groups in total. The summed E-state index contributed by atoms with van der Waals surface area (Å²) in [6.07, 6.45) is 5.40. The first-order chi connectivity index (χ1) is 19.2. The topological polar surface area (TPSA) is 115 Å². The average molecular weight is 546 g/mol. The van der Waals surface area contributed by atoms with E-state index in [1.165, 1.54) is 15.3 Å². The van der Waals surface area contributed by atoms with Gasteiger partial charge in [0, 0.05) is 38.3 Å². The Labute approximate surface area is 230 Å². The van der Waals surface area contributed by atoms with Gasteiger partial charge in [-0.25, -0.2) is 18.7 Å². The molecule has 1 amide bonds. The van der Waals surface area contributed by atoms with Crippen molar-refractivity contribution in [1.82, 2.24) is 39.4 Å². The SMILES string of the molecule is CC(=O)N1C[C@H](C)N(c2nc(=O)n3c4nc(c(F)cc24)-n2nncc2CCCc2ccnc(C(C)C)c2-3)C[C@H]1C. The predicted molar refractivity (Wildman–Crippen MR) is 148 cm³/mol. The number of piperazine rings is 1. The third-order valence-corrected chi connectivity index (χ3v) is 7.95. The minimum Gasteiger partial charge on any atom is -0.349 e. The highest BCUT2D eigenvalue weighted by atomic mass is 19.1. The third kappa shape index (κ3) is 4.13. The van der Waals surface area contributed by atoms with E-state index in [1.54, 1.807) is 24.2 Å². The number of carbonyl (C=O) groups excluding carboxylic acids is 1. The number of hydrogen-bond acceptors (Lipinski definition) is 8. The highest BCUT2D eigenvalue weighted by molar-refractivity contribution is 5.89. The van der Waals surface area contributed by atoms with Crippen LogP contribution >= 0.6 is 0 Å². The summed E-state index contributed by atoms with van der Waals surface area (Å²) in [6, 6.07) is 3.04. The van der Waals surface area contributed by atoms with E-state index in [0.717, 1.165) is 23.4 Å². The number of nitrogens with zero attached hydrogens (tertiary/aromatic N) is 9. The van der Waals surface area contributed by atoms with Crippen LogP contribution in [0.2, 0.25) is 0 Å². The second-order valence-electron chi connectivity index (χ2n) is 11.1. The second kappa shape index (κ2) is 9.76. The minimum absolute atomic E-state index is 0.0101. The van der Waals surface area contributed by atoms with Crippen molar-refractivity contribution in [2.24, 2.45) is 0 Å². The number of aryl methyl sites for hydroxylation is 2. The molecule has 40 heavy (non-hydrogen) atoms. The van der Waals surface area contributed by atoms with Crippen molar-refractivity contribution in [1.29, 1.82) is 0 Å². The first kappa shape index (κ1) is 26.0. The van der Waals surface area contributed by atoms with Gasteiger partial charge in [0.25, 0.3) is 0 Å². The Hall–Kier alpha value is -4.22. The number of amides is 1. The van der Waals surface area contributed by atoms with Crippen LogP contribution in [-0.4, -0.2) is 70.5 Å². The molecule has 2 atom stereocenters. The third-order valence-electron chi connectivity index (χ3n) is 7.95. The van der Waals surface area contributed by atoms with E-state index in [0.29, 0.717) is 42.8 Å². The number of carbonyl (C=O) groups is 1. The van der Waals surface area contributed by atoms with Gasteiger partial charge in [0.05, 0.1) is 28.7 Å². The summed E-state index contributed by atoms with van der Waals surface area (Å²) in [7, 11) is 0. The fourth-order valence-electron chi connectivity index (χ4n) is 5.99. The number of hydrogen-bond donors (Lipinski definition) is 0. The molecule has 208 valence electrons. The van der Waals surface area contributed by atoms with Crippen molar-refractivity contribution in [2.45, 2.75) is 71.9 Å². The molecule has 4 aromatic rings. The summed E-state index contributed by atoms with van der Waals surface area (Å²) in [5, 5.41) is 8.56. The Morgan fingerprint density at radius 3 is 2.65 bits per heavy atom. The van der Waals surface area contributed by atoms with Gasteiger partial charge in [0.1, 0.15) is 5.82 Å². The monoisotopic (exact) mass is 545 g/mol. The van der Waals surface area contributed by atoms with Crippen molar-refractivity contribution in [3.05, 3.63) is 57.8 Å². The fourth-order valence-corrected chi connectivity index (χ4v) is 5.99. The van der Waals surface area contributed by atoms with Crippen molar-refractivity contribution >= 4 is 22.8 Å². The zero-order valence-corrected chi connectivity index (χ0v) is 23.3. The van der Waals surface area contributed by atoms with Crippen LogP contribution in [0.1, 0.15) is 63.9 Å². The van der Waals surface area contributed by atoms with E-state index in [1.807, 2.05) is 38.7 Å². The molecular formula is C28H32FN9O2. The number of anilines is 1. The maximum atomic E-state index is 15.9. The van der Waals surface area contributed by atoms with E-state index < -0.39 is 11.5 Å². The Bertz CT molecular complexity index is 1700. The van der Waals surface area contributed by atoms with Crippen LogP contribution in [0.25, 0.3) is 22.5 Å². The highest BCUT2D eigenvalue weighted by Gasteiger charge is 2.34. The van der Waals surface area contributed by atoms with Crippen molar-refractivity contribution in [3.8, 4) is 11.5 Å². The van der Waals surface area contributed by atoms with E-state index in [2.05, 4.69) is 20.3 Å². The Kier molecular flexibility index (Phi) is 6.35. The predicted octanol–water partition coefficient (Wildman–Crippen LogP) is 2.95. The lowest BCUT2D eigenvalue weighted by Gasteiger charge is -2.44. The van der Waals surface area contributed by atoms with E-state index >= 15 is 4.39 Å². The molecule has 12 heteroatoms. The standard InChI is InChI=1S/C28H32FN9O2/c1-15(2)23-24-19(9-10-30-23)7-6-8-20-12-31-34-38(20)27-22(29)11-21-25(33-28(40)37(24)26(21)32-27)36-14-16(3)35(18(5)39)13-17(36)4/h9-12,15-17H,6-8,13-14H2,1-5H3/t16-,17+/m1/s1. The zero-order valence-electron chi connectivity index (χ0n) is 23.3. The highest BCUT2D eigenvalue weighted by Crippen LogP contribution is 2.33. The molecule has 1 saturated heterocycles. The van der Waals surface area contributed by atoms with Gasteiger partial charge in [-0.3, -0.25) is 9.78 Å². The van der Waals surface area contributed by atoms with Crippen LogP contribution in [0.15, 0.2) is 29.3 Å². The molecule has 6 heterocycles. The first-order valence-electron chi connectivity index (χ1n) is 13.7. The van der Waals surface area contributed by atoms with E-state index in [4.69, 9.17) is 4.98 Å². The Balaban J connectivity index is 1.68. The molecule has 0 aromatic carbocycles. The lowest BCUT2D eigenvalue weighted by atomic mass is 10.00. The van der Waals surface area contributed by atoms with Crippen molar-refractivity contribution < 1.29 is 9.18 Å². The number of fused-ring (bicyclic) bond motifs is 5. The summed E-state index contributed by atoms with van der Waals surface area (Å²) in [6.45, 7) is 10.4. The van der Waals surface area contributed by atoms with Gasteiger partial charge in [-0.05, 0) is 56.7 Å². The molecule has 0 saturated carbocycles. The number of aromatic nitrogens is 7. The van der Waals surface area contributed by atoms with Crippen LogP contribution in [0.4, 0.5) is 10.2 Å². The molecule has 0 radical (unpaired) electrons. The maximum Gasteiger partial charge on any atom is 0.355 e. The molecule has 0 aliphatic carbocycles. The Morgan fingerprint density at radius 1 is 1.10 bits per heavy atom. The lowest BCUT2D eigenvalue weighted by molar-refractivity contribution is -0.131. The average Bonchev–Trinajstić information content (AvgIpc) is 3.36. The van der Waals surface area contributed by atoms with E-state index in [9.17, 15) is 9.59 Å². The zero-order chi connectivity index (χ0) is 28.3. The minimum atomic E-state index is -0.592. The lowest BCUT2D eigenvalue weighted by Crippen LogP contribution is -2.58. The largest absolute Gasteiger partial charge is 0.355 e. The summed E-state index contributed by atoms with van der Waals surface area (Å²) in [5.41, 5.74) is 2.84. The molecule has 4 aromatic heterocycles. The number of halogens is 1. The number of pyridine rings is 2. The molecule has 1 fully saturated rings. The molecule has 2 bridgehead atoms. The molecular weight excluding hydrogens is 513 g/mol. The Morgan fingerprint density at radius 2 is 1.90 bits per heavy atom. The van der Waals surface area contributed by atoms with Gasteiger partial charge in [0.15, 0.2) is 17.3 Å². The normalized spacial score (nSPS) is 19.1. The molecule has 0 unspecified atom stereocenters. The van der Waals surface area contributed by atoms with Crippen molar-refractivity contribution in [3.63, 3.8) is 0 Å². The first-order valence-corrected chi connectivity index (χ1v) is 13.7. The van der Waals surface area contributed by atoms with Crippen LogP contribution in [0.5, 0.6) is 0 Å². The van der Waals surface area contributed by atoms with Gasteiger partial charge in [0.2, 0.25) is 5.91 Å². The van der Waals surface area contributed by atoms with Crippen molar-refractivity contribution in [2.75, 3.05) is 18.0 Å². The van der Waals surface area contributed by atoms with Gasteiger partial charge in [-0.1, -0.05) is 19.1 Å². The fraction of sp³-hybridized carbons (Fsp3) is 0.464. The molecule has 6 rings (SSSR count). The maximum absolute atomic E-state index is 15.9. The van der Waals surface area contributed by atoms with Crippen LogP contribution in [-0.2, 0) is 17.6 Å². The summed E-state index contributed by atoms with van der Waals surface area (Å²) < 4.78 is 18.8. The number of rotatable bonds is 2. The molecule has 0 spiro atoms. The van der Waals surface area contributed by atoms with Crippen LogP contribution < -0.4 is 10.6 Å². The van der Waals surface area contributed by atoms with Gasteiger partial charge in [-0.15, -0.1) is 5.10 Å². The molecule has 2 aliphatic rings. The van der Waals surface area contributed by atoms with E-state index in [-0.39, 0.29) is 35.4 Å². The van der Waals surface area contributed by atoms with Gasteiger partial charge in [-0.2, -0.15) is 9.67 Å². The summed E-state index contributed by atoms with van der Waals surface area (Å²) >= 11 is 0.